The summed E-state index contributed by atoms with van der Waals surface area (Å²) >= 11 is 0. The summed E-state index contributed by atoms with van der Waals surface area (Å²) in [5.41, 5.74) is 0. The van der Waals surface area contributed by atoms with Gasteiger partial charge in [-0.25, -0.2) is 0 Å². The van der Waals surface area contributed by atoms with Crippen LogP contribution in [0.3, 0.4) is 0 Å². The molecule has 0 aliphatic heterocycles. The first-order chi connectivity index (χ1) is 7.86. The quantitative estimate of drug-likeness (QED) is 0.526. The predicted molar refractivity (Wildman–Crippen MR) is 66.0 cm³/mol. The van der Waals surface area contributed by atoms with E-state index in [-0.39, 0.29) is 6.29 Å². The maximum Gasteiger partial charge on any atom is 0.222 e. The van der Waals surface area contributed by atoms with Crippen molar-refractivity contribution in [2.75, 3.05) is 13.2 Å². The lowest BCUT2D eigenvalue weighted by Gasteiger charge is -2.18. The van der Waals surface area contributed by atoms with Crippen molar-refractivity contribution in [1.29, 1.82) is 0 Å². The summed E-state index contributed by atoms with van der Waals surface area (Å²) < 4.78 is 10.8. The lowest BCUT2D eigenvalue weighted by molar-refractivity contribution is -0.0970. The van der Waals surface area contributed by atoms with Crippen LogP contribution >= 0.6 is 0 Å². The van der Waals surface area contributed by atoms with E-state index in [9.17, 15) is 0 Å². The highest BCUT2D eigenvalue weighted by Gasteiger charge is 2.11. The summed E-state index contributed by atoms with van der Waals surface area (Å²) in [6.07, 6.45) is 7.56. The average molecular weight is 224 g/mol. The van der Waals surface area contributed by atoms with E-state index in [0.717, 1.165) is 12.3 Å². The molecule has 0 atom stereocenters. The molecule has 1 saturated carbocycles. The highest BCUT2D eigenvalue weighted by Crippen LogP contribution is 2.25. The van der Waals surface area contributed by atoms with E-state index in [4.69, 9.17) is 9.47 Å². The summed E-state index contributed by atoms with van der Waals surface area (Å²) in [6.45, 7) is 5.25. The Hall–Kier alpha value is -0.520. The molecule has 1 fully saturated rings. The first-order valence-corrected chi connectivity index (χ1v) is 6.58. The largest absolute Gasteiger partial charge is 0.342 e. The van der Waals surface area contributed by atoms with Crippen molar-refractivity contribution >= 4 is 0 Å². The Morgan fingerprint density at radius 2 is 1.69 bits per heavy atom. The first kappa shape index (κ1) is 13.5. The fourth-order valence-electron chi connectivity index (χ4n) is 2.11. The Morgan fingerprint density at radius 1 is 1.06 bits per heavy atom. The minimum atomic E-state index is -0.321. The minimum absolute atomic E-state index is 0.321. The molecule has 0 aromatic rings. The van der Waals surface area contributed by atoms with E-state index in [0.29, 0.717) is 13.2 Å². The van der Waals surface area contributed by atoms with Crippen LogP contribution in [-0.4, -0.2) is 19.5 Å². The monoisotopic (exact) mass is 224 g/mol. The van der Waals surface area contributed by atoms with Gasteiger partial charge in [-0.15, -0.1) is 0 Å². The van der Waals surface area contributed by atoms with Gasteiger partial charge in [0.25, 0.3) is 0 Å². The van der Waals surface area contributed by atoms with Crippen molar-refractivity contribution in [2.45, 2.75) is 58.7 Å². The Morgan fingerprint density at radius 3 is 2.25 bits per heavy atom. The molecule has 16 heavy (non-hydrogen) atoms. The van der Waals surface area contributed by atoms with Gasteiger partial charge in [0.15, 0.2) is 0 Å². The molecule has 1 aliphatic rings. The topological polar surface area (TPSA) is 18.5 Å². The summed E-state index contributed by atoms with van der Waals surface area (Å²) in [4.78, 5) is 0. The zero-order valence-corrected chi connectivity index (χ0v) is 10.6. The molecule has 0 amide bonds. The fraction of sp³-hybridized carbons (Fsp3) is 0.857. The van der Waals surface area contributed by atoms with Gasteiger partial charge in [-0.05, 0) is 38.5 Å². The van der Waals surface area contributed by atoms with E-state index in [1.54, 1.807) is 0 Å². The van der Waals surface area contributed by atoms with Crippen LogP contribution < -0.4 is 0 Å². The molecule has 1 rings (SSSR count). The third-order valence-electron chi connectivity index (χ3n) is 2.97. The van der Waals surface area contributed by atoms with Gasteiger partial charge in [0.2, 0.25) is 6.29 Å². The van der Waals surface area contributed by atoms with Gasteiger partial charge in [-0.2, -0.15) is 0 Å². The molecular weight excluding hydrogens is 200 g/mol. The molecule has 0 unspecified atom stereocenters. The van der Waals surface area contributed by atoms with Crippen LogP contribution in [0.4, 0.5) is 0 Å². The highest BCUT2D eigenvalue weighted by molar-refractivity contribution is 5.03. The van der Waals surface area contributed by atoms with Gasteiger partial charge in [-0.3, -0.25) is 0 Å². The van der Waals surface area contributed by atoms with Gasteiger partial charge in [-0.1, -0.05) is 25.2 Å². The summed E-state index contributed by atoms with van der Waals surface area (Å²) in [5.74, 6) is 7.11. The lowest BCUT2D eigenvalue weighted by atomic mass is 9.87. The van der Waals surface area contributed by atoms with Crippen molar-refractivity contribution in [3.05, 3.63) is 0 Å². The Bertz CT molecular complexity index is 215. The normalized spacial score (nSPS) is 17.2. The van der Waals surface area contributed by atoms with E-state index < -0.39 is 0 Å². The standard InChI is InChI=1S/C14H24O2/c1-3-15-14(16-4-2)12-8-11-13-9-6-5-7-10-13/h13-14H,3-7,9-11H2,1-2H3. The molecule has 0 aromatic carbocycles. The Labute approximate surface area is 99.7 Å². The third-order valence-corrected chi connectivity index (χ3v) is 2.97. The summed E-state index contributed by atoms with van der Waals surface area (Å²) in [6, 6.07) is 0. The molecule has 1 aliphatic carbocycles. The SMILES string of the molecule is CCOC(C#CCC1CCCCC1)OCC. The van der Waals surface area contributed by atoms with Gasteiger partial charge < -0.3 is 9.47 Å². The van der Waals surface area contributed by atoms with Crippen LogP contribution in [0.25, 0.3) is 0 Å². The van der Waals surface area contributed by atoms with Crippen LogP contribution in [0, 0.1) is 17.8 Å². The average Bonchev–Trinajstić information content (AvgIpc) is 2.31. The summed E-state index contributed by atoms with van der Waals surface area (Å²) in [5, 5.41) is 0. The van der Waals surface area contributed by atoms with E-state index in [2.05, 4.69) is 11.8 Å². The number of rotatable bonds is 5. The zero-order valence-electron chi connectivity index (χ0n) is 10.6. The van der Waals surface area contributed by atoms with Crippen molar-refractivity contribution in [1.82, 2.24) is 0 Å². The molecule has 0 radical (unpaired) electrons. The third kappa shape index (κ3) is 5.53. The van der Waals surface area contributed by atoms with Crippen LogP contribution in [0.2, 0.25) is 0 Å². The maximum atomic E-state index is 5.38. The van der Waals surface area contributed by atoms with Crippen molar-refractivity contribution in [3.63, 3.8) is 0 Å². The molecule has 2 nitrogen and oxygen atoms in total. The maximum absolute atomic E-state index is 5.38. The zero-order chi connectivity index (χ0) is 11.6. The van der Waals surface area contributed by atoms with Gasteiger partial charge in [0, 0.05) is 19.6 Å². The smallest absolute Gasteiger partial charge is 0.222 e. The Kier molecular flexibility index (Phi) is 7.29. The van der Waals surface area contributed by atoms with Gasteiger partial charge >= 0.3 is 0 Å². The van der Waals surface area contributed by atoms with Crippen LogP contribution in [0.1, 0.15) is 52.4 Å². The molecular formula is C14H24O2. The molecule has 0 N–H and O–H groups in total. The van der Waals surface area contributed by atoms with Crippen LogP contribution in [0.15, 0.2) is 0 Å². The number of hydrogen-bond donors (Lipinski definition) is 0. The van der Waals surface area contributed by atoms with Crippen molar-refractivity contribution < 1.29 is 9.47 Å². The van der Waals surface area contributed by atoms with Crippen molar-refractivity contribution in [2.24, 2.45) is 5.92 Å². The van der Waals surface area contributed by atoms with E-state index >= 15 is 0 Å². The predicted octanol–water partition coefficient (Wildman–Crippen LogP) is 3.36. The molecule has 2 heteroatoms. The molecule has 92 valence electrons. The lowest BCUT2D eigenvalue weighted by Crippen LogP contribution is -2.15. The molecule has 0 aromatic heterocycles. The second-order valence-electron chi connectivity index (χ2n) is 4.27. The second kappa shape index (κ2) is 8.61. The van der Waals surface area contributed by atoms with E-state index in [1.807, 2.05) is 13.8 Å². The van der Waals surface area contributed by atoms with Gasteiger partial charge in [0.1, 0.15) is 0 Å². The van der Waals surface area contributed by atoms with Crippen LogP contribution in [-0.2, 0) is 9.47 Å². The highest BCUT2D eigenvalue weighted by atomic mass is 16.7. The Balaban J connectivity index is 2.26. The molecule has 0 saturated heterocycles. The first-order valence-electron chi connectivity index (χ1n) is 6.58. The van der Waals surface area contributed by atoms with Crippen LogP contribution in [0.5, 0.6) is 0 Å². The van der Waals surface area contributed by atoms with Gasteiger partial charge in [0.05, 0.1) is 0 Å². The van der Waals surface area contributed by atoms with E-state index in [1.165, 1.54) is 32.1 Å². The fourth-order valence-corrected chi connectivity index (χ4v) is 2.11. The molecule has 0 bridgehead atoms. The molecule has 0 spiro atoms. The van der Waals surface area contributed by atoms with Crippen molar-refractivity contribution in [3.8, 4) is 11.8 Å². The number of ether oxygens (including phenoxy) is 2. The number of hydrogen-bond acceptors (Lipinski definition) is 2. The minimum Gasteiger partial charge on any atom is -0.342 e. The summed E-state index contributed by atoms with van der Waals surface area (Å²) in [7, 11) is 0. The molecule has 0 heterocycles. The second-order valence-corrected chi connectivity index (χ2v) is 4.27.